The highest BCUT2D eigenvalue weighted by Gasteiger charge is 2.17. The number of hydrogen-bond donors (Lipinski definition) is 1. The summed E-state index contributed by atoms with van der Waals surface area (Å²) < 4.78 is 18.4. The lowest BCUT2D eigenvalue weighted by atomic mass is 10.1. The van der Waals surface area contributed by atoms with Crippen LogP contribution in [-0.2, 0) is 14.3 Å². The molecule has 0 aliphatic heterocycles. The highest BCUT2D eigenvalue weighted by atomic mass is 79.9. The molecule has 0 heterocycles. The van der Waals surface area contributed by atoms with Crippen molar-refractivity contribution in [1.29, 1.82) is 0 Å². The number of hydrogen-bond acceptors (Lipinski definition) is 4. The Kier molecular flexibility index (Phi) is 5.62. The van der Waals surface area contributed by atoms with E-state index in [0.29, 0.717) is 4.47 Å². The molecule has 0 radical (unpaired) electrons. The van der Waals surface area contributed by atoms with Crippen LogP contribution in [0.3, 0.4) is 0 Å². The maximum Gasteiger partial charge on any atom is 0.396 e. The third-order valence-corrected chi connectivity index (χ3v) is 2.59. The van der Waals surface area contributed by atoms with Gasteiger partial charge >= 0.3 is 11.9 Å². The monoisotopic (exact) mass is 331 g/mol. The molecule has 1 amide bonds. The number of nitrogens with one attached hydrogen (secondary N) is 1. The normalized spacial score (nSPS) is 9.84. The van der Waals surface area contributed by atoms with Gasteiger partial charge in [-0.05, 0) is 25.1 Å². The van der Waals surface area contributed by atoms with E-state index in [2.05, 4.69) is 26.0 Å². The fourth-order valence-corrected chi connectivity index (χ4v) is 1.60. The standard InChI is InChI=1S/C12H11BrFNO4/c1-2-19-12(18)11(17)15-6-10(16)8-5-7(13)3-4-9(8)14/h3-5H,2,6H2,1H3,(H,15,17). The fraction of sp³-hybridized carbons (Fsp3) is 0.250. The molecule has 102 valence electrons. The van der Waals surface area contributed by atoms with Crippen LogP contribution in [0.1, 0.15) is 17.3 Å². The van der Waals surface area contributed by atoms with E-state index in [1.165, 1.54) is 12.1 Å². The van der Waals surface area contributed by atoms with E-state index < -0.39 is 30.0 Å². The van der Waals surface area contributed by atoms with Gasteiger partial charge in [0.05, 0.1) is 18.7 Å². The smallest absolute Gasteiger partial charge is 0.396 e. The minimum absolute atomic E-state index is 0.0560. The molecule has 0 aliphatic rings. The quantitative estimate of drug-likeness (QED) is 0.515. The molecule has 0 spiro atoms. The Labute approximate surface area is 117 Å². The van der Waals surface area contributed by atoms with Gasteiger partial charge in [-0.3, -0.25) is 9.59 Å². The van der Waals surface area contributed by atoms with E-state index in [9.17, 15) is 18.8 Å². The van der Waals surface area contributed by atoms with Crippen molar-refractivity contribution in [3.05, 3.63) is 34.1 Å². The summed E-state index contributed by atoms with van der Waals surface area (Å²) in [6, 6.07) is 3.88. The summed E-state index contributed by atoms with van der Waals surface area (Å²) in [6.07, 6.45) is 0. The molecule has 1 aromatic carbocycles. The summed E-state index contributed by atoms with van der Waals surface area (Å²) in [5.41, 5.74) is -0.168. The van der Waals surface area contributed by atoms with E-state index in [1.54, 1.807) is 6.92 Å². The summed E-state index contributed by atoms with van der Waals surface area (Å²) in [5, 5.41) is 2.07. The molecule has 1 rings (SSSR count). The van der Waals surface area contributed by atoms with E-state index in [0.717, 1.165) is 6.07 Å². The maximum absolute atomic E-state index is 13.4. The predicted octanol–water partition coefficient (Wildman–Crippen LogP) is 1.45. The second-order valence-electron chi connectivity index (χ2n) is 3.45. The minimum Gasteiger partial charge on any atom is -0.459 e. The molecule has 0 saturated heterocycles. The van der Waals surface area contributed by atoms with Crippen LogP contribution >= 0.6 is 15.9 Å². The predicted molar refractivity (Wildman–Crippen MR) is 68.1 cm³/mol. The fourth-order valence-electron chi connectivity index (χ4n) is 1.24. The van der Waals surface area contributed by atoms with Crippen LogP contribution in [0.25, 0.3) is 0 Å². The third-order valence-electron chi connectivity index (χ3n) is 2.10. The molecule has 19 heavy (non-hydrogen) atoms. The second kappa shape index (κ2) is 6.98. The first-order valence-corrected chi connectivity index (χ1v) is 6.18. The average Bonchev–Trinajstić information content (AvgIpc) is 2.38. The number of halogens is 2. The Hall–Kier alpha value is -1.76. The first kappa shape index (κ1) is 15.3. The SMILES string of the molecule is CCOC(=O)C(=O)NCC(=O)c1cc(Br)ccc1F. The Balaban J connectivity index is 2.63. The third kappa shape index (κ3) is 4.44. The first-order chi connectivity index (χ1) is 8.95. The molecule has 0 atom stereocenters. The van der Waals surface area contributed by atoms with Crippen molar-refractivity contribution in [2.24, 2.45) is 0 Å². The van der Waals surface area contributed by atoms with Crippen molar-refractivity contribution in [2.45, 2.75) is 6.92 Å². The summed E-state index contributed by atoms with van der Waals surface area (Å²) in [5.74, 6) is -3.45. The minimum atomic E-state index is -1.08. The largest absolute Gasteiger partial charge is 0.459 e. The van der Waals surface area contributed by atoms with Gasteiger partial charge in [-0.25, -0.2) is 9.18 Å². The molecule has 0 bridgehead atoms. The first-order valence-electron chi connectivity index (χ1n) is 5.39. The van der Waals surface area contributed by atoms with E-state index in [-0.39, 0.29) is 12.2 Å². The summed E-state index contributed by atoms with van der Waals surface area (Å²) in [6.45, 7) is 1.12. The molecular formula is C12H11BrFNO4. The van der Waals surface area contributed by atoms with Gasteiger partial charge in [0.1, 0.15) is 5.82 Å². The molecule has 0 aliphatic carbocycles. The zero-order chi connectivity index (χ0) is 14.4. The van der Waals surface area contributed by atoms with Gasteiger partial charge in [-0.2, -0.15) is 0 Å². The van der Waals surface area contributed by atoms with E-state index in [1.807, 2.05) is 0 Å². The number of ether oxygens (including phenoxy) is 1. The highest BCUT2D eigenvalue weighted by molar-refractivity contribution is 9.10. The number of Topliss-reactive ketones (excluding diaryl/α,β-unsaturated/α-hetero) is 1. The van der Waals surface area contributed by atoms with Crippen molar-refractivity contribution in [3.63, 3.8) is 0 Å². The molecule has 0 fully saturated rings. The number of esters is 1. The van der Waals surface area contributed by atoms with Crippen molar-refractivity contribution in [1.82, 2.24) is 5.32 Å². The van der Waals surface area contributed by atoms with Crippen LogP contribution in [0.15, 0.2) is 22.7 Å². The van der Waals surface area contributed by atoms with Gasteiger partial charge in [0.25, 0.3) is 0 Å². The maximum atomic E-state index is 13.4. The number of benzene rings is 1. The van der Waals surface area contributed by atoms with E-state index in [4.69, 9.17) is 0 Å². The molecule has 0 unspecified atom stereocenters. The molecule has 1 aromatic rings. The Morgan fingerprint density at radius 1 is 1.37 bits per heavy atom. The Bertz CT molecular complexity index is 518. The Morgan fingerprint density at radius 2 is 2.05 bits per heavy atom. The zero-order valence-corrected chi connectivity index (χ0v) is 11.6. The van der Waals surface area contributed by atoms with Crippen LogP contribution in [0.2, 0.25) is 0 Å². The van der Waals surface area contributed by atoms with Crippen LogP contribution in [0, 0.1) is 5.82 Å². The van der Waals surface area contributed by atoms with Crippen molar-refractivity contribution in [3.8, 4) is 0 Å². The average molecular weight is 332 g/mol. The highest BCUT2D eigenvalue weighted by Crippen LogP contribution is 2.15. The molecule has 1 N–H and O–H groups in total. The molecular weight excluding hydrogens is 321 g/mol. The van der Waals surface area contributed by atoms with Crippen LogP contribution in [0.4, 0.5) is 4.39 Å². The summed E-state index contributed by atoms with van der Waals surface area (Å²) >= 11 is 3.11. The van der Waals surface area contributed by atoms with Crippen molar-refractivity contribution < 1.29 is 23.5 Å². The second-order valence-corrected chi connectivity index (χ2v) is 4.37. The van der Waals surface area contributed by atoms with Gasteiger partial charge in [0.2, 0.25) is 0 Å². The zero-order valence-electron chi connectivity index (χ0n) is 10.0. The van der Waals surface area contributed by atoms with E-state index >= 15 is 0 Å². The van der Waals surface area contributed by atoms with Crippen LogP contribution in [0.5, 0.6) is 0 Å². The van der Waals surface area contributed by atoms with Crippen LogP contribution in [-0.4, -0.2) is 30.8 Å². The van der Waals surface area contributed by atoms with Crippen LogP contribution < -0.4 is 5.32 Å². The lowest BCUT2D eigenvalue weighted by molar-refractivity contribution is -0.154. The van der Waals surface area contributed by atoms with Gasteiger partial charge in [0.15, 0.2) is 5.78 Å². The number of carbonyl (C=O) groups is 3. The number of ketones is 1. The molecule has 0 aromatic heterocycles. The topological polar surface area (TPSA) is 72.5 Å². The van der Waals surface area contributed by atoms with Gasteiger partial charge in [0, 0.05) is 4.47 Å². The summed E-state index contributed by atoms with van der Waals surface area (Å²) in [7, 11) is 0. The van der Waals surface area contributed by atoms with Crippen molar-refractivity contribution >= 4 is 33.6 Å². The van der Waals surface area contributed by atoms with Crippen molar-refractivity contribution in [2.75, 3.05) is 13.2 Å². The number of rotatable bonds is 4. The van der Waals surface area contributed by atoms with Gasteiger partial charge in [-0.1, -0.05) is 15.9 Å². The van der Waals surface area contributed by atoms with Gasteiger partial charge in [-0.15, -0.1) is 0 Å². The summed E-state index contributed by atoms with van der Waals surface area (Å²) in [4.78, 5) is 33.8. The lowest BCUT2D eigenvalue weighted by Gasteiger charge is -2.05. The molecule has 7 heteroatoms. The van der Waals surface area contributed by atoms with Gasteiger partial charge < -0.3 is 10.1 Å². The molecule has 5 nitrogen and oxygen atoms in total. The molecule has 0 saturated carbocycles. The Morgan fingerprint density at radius 3 is 2.68 bits per heavy atom. The lowest BCUT2D eigenvalue weighted by Crippen LogP contribution is -2.36. The number of amides is 1. The number of carbonyl (C=O) groups excluding carboxylic acids is 3.